The van der Waals surface area contributed by atoms with Crippen molar-refractivity contribution in [2.24, 2.45) is 0 Å². The molecule has 0 aromatic heterocycles. The van der Waals surface area contributed by atoms with Crippen molar-refractivity contribution >= 4 is 0 Å². The number of hydrogen-bond donors (Lipinski definition) is 1. The lowest BCUT2D eigenvalue weighted by atomic mass is 10.1. The molecule has 0 bridgehead atoms. The van der Waals surface area contributed by atoms with Crippen LogP contribution in [0.2, 0.25) is 0 Å². The van der Waals surface area contributed by atoms with Crippen LogP contribution in [0.25, 0.3) is 0 Å². The van der Waals surface area contributed by atoms with Gasteiger partial charge in [-0.05, 0) is 30.3 Å². The van der Waals surface area contributed by atoms with E-state index in [0.717, 1.165) is 18.7 Å². The molecule has 2 rings (SSSR count). The van der Waals surface area contributed by atoms with Crippen molar-refractivity contribution in [3.05, 3.63) is 71.3 Å². The Morgan fingerprint density at radius 2 is 1.52 bits per heavy atom. The maximum Gasteiger partial charge on any atom is 0.0540 e. The second-order valence-corrected chi connectivity index (χ2v) is 5.13. The van der Waals surface area contributed by atoms with E-state index in [9.17, 15) is 0 Å². The van der Waals surface area contributed by atoms with E-state index in [1.165, 1.54) is 11.1 Å². The molecule has 0 fully saturated rings. The average Bonchev–Trinajstić information content (AvgIpc) is 2.50. The molecule has 0 unspecified atom stereocenters. The van der Waals surface area contributed by atoms with Gasteiger partial charge in [-0.15, -0.1) is 0 Å². The number of hydrogen-bond acceptors (Lipinski definition) is 2. The van der Waals surface area contributed by atoms with Crippen LogP contribution in [0.5, 0.6) is 0 Å². The SMILES string of the molecule is CN(Cc1ccccc1)Cc1ccc(C#CCCO)cc1. The van der Waals surface area contributed by atoms with Gasteiger partial charge in [0, 0.05) is 25.1 Å². The Morgan fingerprint density at radius 1 is 0.905 bits per heavy atom. The van der Waals surface area contributed by atoms with Gasteiger partial charge in [0.05, 0.1) is 6.61 Å². The third-order valence-electron chi connectivity index (χ3n) is 3.17. The first kappa shape index (κ1) is 15.3. The third-order valence-corrected chi connectivity index (χ3v) is 3.17. The van der Waals surface area contributed by atoms with Crippen molar-refractivity contribution in [3.63, 3.8) is 0 Å². The fourth-order valence-corrected chi connectivity index (χ4v) is 2.18. The molecule has 21 heavy (non-hydrogen) atoms. The third kappa shape index (κ3) is 5.43. The molecule has 2 nitrogen and oxygen atoms in total. The van der Waals surface area contributed by atoms with E-state index in [1.807, 2.05) is 18.2 Å². The molecule has 2 aromatic carbocycles. The first-order valence-corrected chi connectivity index (χ1v) is 7.19. The molecule has 0 saturated heterocycles. The molecule has 2 aromatic rings. The predicted molar refractivity (Wildman–Crippen MR) is 86.6 cm³/mol. The first-order chi connectivity index (χ1) is 10.3. The van der Waals surface area contributed by atoms with Crippen LogP contribution in [0.3, 0.4) is 0 Å². The Labute approximate surface area is 127 Å². The molecule has 0 spiro atoms. The predicted octanol–water partition coefficient (Wildman–Crippen LogP) is 3.05. The molecule has 2 heteroatoms. The molecule has 1 N–H and O–H groups in total. The van der Waals surface area contributed by atoms with Gasteiger partial charge in [0.25, 0.3) is 0 Å². The second-order valence-electron chi connectivity index (χ2n) is 5.13. The van der Waals surface area contributed by atoms with E-state index < -0.39 is 0 Å². The molecular formula is C19H21NO. The minimum atomic E-state index is 0.120. The van der Waals surface area contributed by atoms with E-state index in [4.69, 9.17) is 5.11 Å². The van der Waals surface area contributed by atoms with Gasteiger partial charge in [0.15, 0.2) is 0 Å². The molecule has 0 atom stereocenters. The van der Waals surface area contributed by atoms with Gasteiger partial charge in [0.2, 0.25) is 0 Å². The normalized spacial score (nSPS) is 10.2. The summed E-state index contributed by atoms with van der Waals surface area (Å²) in [5, 5.41) is 8.70. The van der Waals surface area contributed by atoms with E-state index in [1.54, 1.807) is 0 Å². The fourth-order valence-electron chi connectivity index (χ4n) is 2.18. The van der Waals surface area contributed by atoms with E-state index in [2.05, 4.69) is 60.2 Å². The molecule has 0 heterocycles. The summed E-state index contributed by atoms with van der Waals surface area (Å²) < 4.78 is 0. The standard InChI is InChI=1S/C19H21NO/c1-20(15-18-8-3-2-4-9-18)16-19-12-10-17(11-13-19)7-5-6-14-21/h2-4,8-13,21H,6,14-16H2,1H3. The van der Waals surface area contributed by atoms with E-state index >= 15 is 0 Å². The largest absolute Gasteiger partial charge is 0.395 e. The van der Waals surface area contributed by atoms with Gasteiger partial charge in [-0.1, -0.05) is 54.3 Å². The van der Waals surface area contributed by atoms with Crippen LogP contribution in [0.15, 0.2) is 54.6 Å². The Morgan fingerprint density at radius 3 is 2.14 bits per heavy atom. The first-order valence-electron chi connectivity index (χ1n) is 7.19. The van der Waals surface area contributed by atoms with Crippen molar-refractivity contribution in [1.29, 1.82) is 0 Å². The van der Waals surface area contributed by atoms with Crippen molar-refractivity contribution in [2.75, 3.05) is 13.7 Å². The molecule has 0 aliphatic rings. The average molecular weight is 279 g/mol. The summed E-state index contributed by atoms with van der Waals surface area (Å²) in [5.74, 6) is 5.98. The Bertz CT molecular complexity index is 593. The number of rotatable bonds is 5. The van der Waals surface area contributed by atoms with Gasteiger partial charge in [0.1, 0.15) is 0 Å². The lowest BCUT2D eigenvalue weighted by molar-refractivity contribution is 0.305. The molecule has 0 aliphatic heterocycles. The van der Waals surface area contributed by atoms with E-state index in [0.29, 0.717) is 6.42 Å². The van der Waals surface area contributed by atoms with Gasteiger partial charge < -0.3 is 5.11 Å². The minimum absolute atomic E-state index is 0.120. The minimum Gasteiger partial charge on any atom is -0.395 e. The van der Waals surface area contributed by atoms with Gasteiger partial charge >= 0.3 is 0 Å². The number of aliphatic hydroxyl groups excluding tert-OH is 1. The molecular weight excluding hydrogens is 258 g/mol. The highest BCUT2D eigenvalue weighted by Crippen LogP contribution is 2.09. The number of benzene rings is 2. The number of nitrogens with zero attached hydrogens (tertiary/aromatic N) is 1. The van der Waals surface area contributed by atoms with Crippen LogP contribution in [-0.4, -0.2) is 23.7 Å². The zero-order valence-electron chi connectivity index (χ0n) is 12.4. The van der Waals surface area contributed by atoms with E-state index in [-0.39, 0.29) is 6.61 Å². The van der Waals surface area contributed by atoms with Crippen LogP contribution in [-0.2, 0) is 13.1 Å². The summed E-state index contributed by atoms with van der Waals surface area (Å²) in [6.45, 7) is 1.98. The summed E-state index contributed by atoms with van der Waals surface area (Å²) in [4.78, 5) is 2.29. The van der Waals surface area contributed by atoms with Gasteiger partial charge in [-0.3, -0.25) is 4.90 Å². The van der Waals surface area contributed by atoms with Gasteiger partial charge in [-0.2, -0.15) is 0 Å². The second kappa shape index (κ2) is 8.26. The zero-order valence-corrected chi connectivity index (χ0v) is 12.4. The number of aliphatic hydroxyl groups is 1. The Balaban J connectivity index is 1.90. The quantitative estimate of drug-likeness (QED) is 0.850. The topological polar surface area (TPSA) is 23.5 Å². The maximum atomic E-state index is 8.70. The van der Waals surface area contributed by atoms with Crippen molar-refractivity contribution in [2.45, 2.75) is 19.5 Å². The highest BCUT2D eigenvalue weighted by molar-refractivity contribution is 5.36. The van der Waals surface area contributed by atoms with Crippen molar-refractivity contribution in [3.8, 4) is 11.8 Å². The summed E-state index contributed by atoms with van der Waals surface area (Å²) in [5.41, 5.74) is 3.60. The molecule has 108 valence electrons. The molecule has 0 saturated carbocycles. The fraction of sp³-hybridized carbons (Fsp3) is 0.263. The summed E-state index contributed by atoms with van der Waals surface area (Å²) >= 11 is 0. The maximum absolute atomic E-state index is 8.70. The van der Waals surface area contributed by atoms with Crippen LogP contribution in [0, 0.1) is 11.8 Å². The highest BCUT2D eigenvalue weighted by atomic mass is 16.2. The van der Waals surface area contributed by atoms with Crippen LogP contribution in [0.1, 0.15) is 23.1 Å². The van der Waals surface area contributed by atoms with Crippen LogP contribution < -0.4 is 0 Å². The van der Waals surface area contributed by atoms with Crippen molar-refractivity contribution < 1.29 is 5.11 Å². The lowest BCUT2D eigenvalue weighted by Gasteiger charge is -2.16. The Kier molecular flexibility index (Phi) is 6.02. The molecule has 0 amide bonds. The van der Waals surface area contributed by atoms with Gasteiger partial charge in [-0.25, -0.2) is 0 Å². The Hall–Kier alpha value is -2.08. The smallest absolute Gasteiger partial charge is 0.0540 e. The van der Waals surface area contributed by atoms with Crippen LogP contribution in [0.4, 0.5) is 0 Å². The van der Waals surface area contributed by atoms with Crippen LogP contribution >= 0.6 is 0 Å². The molecule has 0 radical (unpaired) electrons. The lowest BCUT2D eigenvalue weighted by Crippen LogP contribution is -2.17. The molecule has 0 aliphatic carbocycles. The van der Waals surface area contributed by atoms with Crippen molar-refractivity contribution in [1.82, 2.24) is 4.90 Å². The summed E-state index contributed by atoms with van der Waals surface area (Å²) in [7, 11) is 2.13. The monoisotopic (exact) mass is 279 g/mol. The zero-order chi connectivity index (χ0) is 14.9. The summed E-state index contributed by atoms with van der Waals surface area (Å²) in [6.07, 6.45) is 0.529. The summed E-state index contributed by atoms with van der Waals surface area (Å²) in [6, 6.07) is 18.8. The highest BCUT2D eigenvalue weighted by Gasteiger charge is 2.01.